The van der Waals surface area contributed by atoms with E-state index in [1.54, 1.807) is 0 Å². The molecule has 12 heavy (non-hydrogen) atoms. The number of carbonyl (C=O) groups is 1. The van der Waals surface area contributed by atoms with Crippen molar-refractivity contribution in [2.24, 2.45) is 0 Å². The van der Waals surface area contributed by atoms with Crippen molar-refractivity contribution < 1.29 is 9.53 Å². The van der Waals surface area contributed by atoms with Crippen LogP contribution in [0.5, 0.6) is 0 Å². The Kier molecular flexibility index (Phi) is 3.53. The fourth-order valence-corrected chi connectivity index (χ4v) is 1.61. The number of esters is 1. The standard InChI is InChI=1S/C9H17NO2/c1-3-12-9(11)8-6-4-5-7-10(8)2/h8H,3-7H2,1-2H3/t8-/m1/s1. The summed E-state index contributed by atoms with van der Waals surface area (Å²) in [6.07, 6.45) is 3.30. The van der Waals surface area contributed by atoms with E-state index in [-0.39, 0.29) is 12.0 Å². The lowest BCUT2D eigenvalue weighted by Gasteiger charge is -2.30. The Morgan fingerprint density at radius 2 is 2.33 bits per heavy atom. The van der Waals surface area contributed by atoms with E-state index < -0.39 is 0 Å². The van der Waals surface area contributed by atoms with E-state index in [0.29, 0.717) is 6.61 Å². The zero-order valence-corrected chi connectivity index (χ0v) is 7.88. The van der Waals surface area contributed by atoms with Crippen LogP contribution in [0, 0.1) is 0 Å². The summed E-state index contributed by atoms with van der Waals surface area (Å²) in [5, 5.41) is 0. The van der Waals surface area contributed by atoms with Crippen LogP contribution in [0.1, 0.15) is 26.2 Å². The van der Waals surface area contributed by atoms with E-state index in [0.717, 1.165) is 19.4 Å². The smallest absolute Gasteiger partial charge is 0.323 e. The van der Waals surface area contributed by atoms with Gasteiger partial charge in [-0.15, -0.1) is 0 Å². The molecule has 0 aromatic rings. The third kappa shape index (κ3) is 2.21. The Morgan fingerprint density at radius 3 is 2.92 bits per heavy atom. The molecule has 1 saturated heterocycles. The van der Waals surface area contributed by atoms with Gasteiger partial charge in [-0.2, -0.15) is 0 Å². The third-order valence-electron chi connectivity index (χ3n) is 2.33. The quantitative estimate of drug-likeness (QED) is 0.581. The van der Waals surface area contributed by atoms with Gasteiger partial charge in [-0.1, -0.05) is 6.42 Å². The van der Waals surface area contributed by atoms with Crippen LogP contribution in [0.3, 0.4) is 0 Å². The highest BCUT2D eigenvalue weighted by Gasteiger charge is 2.26. The number of rotatable bonds is 2. The summed E-state index contributed by atoms with van der Waals surface area (Å²) >= 11 is 0. The Morgan fingerprint density at radius 1 is 1.58 bits per heavy atom. The molecule has 1 fully saturated rings. The molecule has 1 heterocycles. The van der Waals surface area contributed by atoms with Crippen LogP contribution in [0.15, 0.2) is 0 Å². The second kappa shape index (κ2) is 4.45. The van der Waals surface area contributed by atoms with E-state index in [4.69, 9.17) is 4.74 Å². The van der Waals surface area contributed by atoms with Crippen LogP contribution < -0.4 is 0 Å². The van der Waals surface area contributed by atoms with Crippen molar-refractivity contribution in [3.05, 3.63) is 0 Å². The van der Waals surface area contributed by atoms with Gasteiger partial charge in [-0.3, -0.25) is 9.69 Å². The second-order valence-electron chi connectivity index (χ2n) is 3.24. The van der Waals surface area contributed by atoms with Gasteiger partial charge in [-0.25, -0.2) is 0 Å². The maximum absolute atomic E-state index is 11.3. The maximum atomic E-state index is 11.3. The molecule has 1 aliphatic heterocycles. The van der Waals surface area contributed by atoms with E-state index in [1.165, 1.54) is 6.42 Å². The highest BCUT2D eigenvalue weighted by Crippen LogP contribution is 2.15. The number of piperidine rings is 1. The van der Waals surface area contributed by atoms with Crippen molar-refractivity contribution in [3.8, 4) is 0 Å². The summed E-state index contributed by atoms with van der Waals surface area (Å²) in [6.45, 7) is 3.35. The molecule has 0 spiro atoms. The zero-order valence-electron chi connectivity index (χ0n) is 7.88. The summed E-state index contributed by atoms with van der Waals surface area (Å²) < 4.78 is 4.97. The van der Waals surface area contributed by atoms with Gasteiger partial charge in [0.25, 0.3) is 0 Å². The summed E-state index contributed by atoms with van der Waals surface area (Å²) in [7, 11) is 1.99. The first-order chi connectivity index (χ1) is 5.75. The Labute approximate surface area is 73.7 Å². The number of nitrogens with zero attached hydrogens (tertiary/aromatic N) is 1. The molecule has 0 unspecified atom stereocenters. The predicted octanol–water partition coefficient (Wildman–Crippen LogP) is 1.03. The molecule has 1 atom stereocenters. The van der Waals surface area contributed by atoms with Gasteiger partial charge in [0.2, 0.25) is 0 Å². The Hall–Kier alpha value is -0.570. The fourth-order valence-electron chi connectivity index (χ4n) is 1.61. The maximum Gasteiger partial charge on any atom is 0.323 e. The van der Waals surface area contributed by atoms with Gasteiger partial charge >= 0.3 is 5.97 Å². The average Bonchev–Trinajstić information content (AvgIpc) is 2.05. The van der Waals surface area contributed by atoms with Gasteiger partial charge in [0.15, 0.2) is 0 Å². The molecule has 0 saturated carbocycles. The highest BCUT2D eigenvalue weighted by molar-refractivity contribution is 5.75. The van der Waals surface area contributed by atoms with Crippen LogP contribution in [0.25, 0.3) is 0 Å². The van der Waals surface area contributed by atoms with Gasteiger partial charge in [0.1, 0.15) is 6.04 Å². The van der Waals surface area contributed by atoms with Crippen molar-refractivity contribution >= 4 is 5.97 Å². The number of carbonyl (C=O) groups excluding carboxylic acids is 1. The number of likely N-dealkylation sites (N-methyl/N-ethyl adjacent to an activating group) is 1. The van der Waals surface area contributed by atoms with Crippen LogP contribution in [-0.2, 0) is 9.53 Å². The summed E-state index contributed by atoms with van der Waals surface area (Å²) in [5.74, 6) is -0.0558. The molecule has 1 rings (SSSR count). The lowest BCUT2D eigenvalue weighted by Crippen LogP contribution is -2.42. The molecular formula is C9H17NO2. The zero-order chi connectivity index (χ0) is 8.97. The molecule has 70 valence electrons. The monoisotopic (exact) mass is 171 g/mol. The van der Waals surface area contributed by atoms with Crippen molar-refractivity contribution in [3.63, 3.8) is 0 Å². The number of ether oxygens (including phenoxy) is 1. The molecule has 0 N–H and O–H groups in total. The fraction of sp³-hybridized carbons (Fsp3) is 0.889. The number of hydrogen-bond donors (Lipinski definition) is 0. The summed E-state index contributed by atoms with van der Waals surface area (Å²) in [5.41, 5.74) is 0. The van der Waals surface area contributed by atoms with Crippen LogP contribution in [0.4, 0.5) is 0 Å². The van der Waals surface area contributed by atoms with Crippen molar-refractivity contribution in [2.75, 3.05) is 20.2 Å². The minimum Gasteiger partial charge on any atom is -0.465 e. The molecule has 0 radical (unpaired) electrons. The molecule has 0 aliphatic carbocycles. The van der Waals surface area contributed by atoms with Crippen molar-refractivity contribution in [1.29, 1.82) is 0 Å². The first kappa shape index (κ1) is 9.52. The van der Waals surface area contributed by atoms with Crippen molar-refractivity contribution in [1.82, 2.24) is 4.90 Å². The largest absolute Gasteiger partial charge is 0.465 e. The minimum atomic E-state index is -0.0558. The average molecular weight is 171 g/mol. The molecule has 0 amide bonds. The lowest BCUT2D eigenvalue weighted by molar-refractivity contribution is -0.150. The van der Waals surface area contributed by atoms with Crippen molar-refractivity contribution in [2.45, 2.75) is 32.2 Å². The molecule has 0 bridgehead atoms. The molecule has 0 aromatic heterocycles. The summed E-state index contributed by atoms with van der Waals surface area (Å²) in [6, 6.07) is 0.0127. The minimum absolute atomic E-state index is 0.0127. The summed E-state index contributed by atoms with van der Waals surface area (Å²) in [4.78, 5) is 13.4. The molecule has 3 heteroatoms. The van der Waals surface area contributed by atoms with Crippen LogP contribution in [-0.4, -0.2) is 37.1 Å². The van der Waals surface area contributed by atoms with Gasteiger partial charge in [0.05, 0.1) is 6.61 Å². The number of likely N-dealkylation sites (tertiary alicyclic amines) is 1. The molecular weight excluding hydrogens is 154 g/mol. The van der Waals surface area contributed by atoms with Gasteiger partial charge < -0.3 is 4.74 Å². The first-order valence-electron chi connectivity index (χ1n) is 4.62. The predicted molar refractivity (Wildman–Crippen MR) is 46.9 cm³/mol. The molecule has 1 aliphatic rings. The van der Waals surface area contributed by atoms with E-state index in [9.17, 15) is 4.79 Å². The highest BCUT2D eigenvalue weighted by atomic mass is 16.5. The first-order valence-corrected chi connectivity index (χ1v) is 4.62. The number of hydrogen-bond acceptors (Lipinski definition) is 3. The topological polar surface area (TPSA) is 29.5 Å². The van der Waals surface area contributed by atoms with Crippen LogP contribution in [0.2, 0.25) is 0 Å². The Bertz CT molecular complexity index is 159. The molecule has 3 nitrogen and oxygen atoms in total. The second-order valence-corrected chi connectivity index (χ2v) is 3.24. The Balaban J connectivity index is 2.42. The van der Waals surface area contributed by atoms with Gasteiger partial charge in [0, 0.05) is 0 Å². The SMILES string of the molecule is CCOC(=O)[C@H]1CCCCN1C. The van der Waals surface area contributed by atoms with Crippen LogP contribution >= 0.6 is 0 Å². The van der Waals surface area contributed by atoms with Gasteiger partial charge in [-0.05, 0) is 33.4 Å². The third-order valence-corrected chi connectivity index (χ3v) is 2.33. The lowest BCUT2D eigenvalue weighted by atomic mass is 10.0. The normalized spacial score (nSPS) is 25.3. The van der Waals surface area contributed by atoms with E-state index in [2.05, 4.69) is 4.90 Å². The molecule has 0 aromatic carbocycles. The van der Waals surface area contributed by atoms with E-state index >= 15 is 0 Å². The van der Waals surface area contributed by atoms with E-state index in [1.807, 2.05) is 14.0 Å².